The average Bonchev–Trinajstić information content (AvgIpc) is 2.74. The van der Waals surface area contributed by atoms with E-state index in [-0.39, 0.29) is 11.0 Å². The van der Waals surface area contributed by atoms with Crippen LogP contribution in [0.1, 0.15) is 51.9 Å². The van der Waals surface area contributed by atoms with E-state index in [2.05, 4.69) is 17.6 Å². The number of hydrogen-bond donors (Lipinski definition) is 2. The molecule has 5 fully saturated rings. The third kappa shape index (κ3) is 1.93. The van der Waals surface area contributed by atoms with Gasteiger partial charge in [0.1, 0.15) is 0 Å². The Morgan fingerprint density at radius 2 is 1.68 bits per heavy atom. The molecule has 1 aliphatic heterocycles. The molecule has 1 unspecified atom stereocenters. The lowest BCUT2D eigenvalue weighted by molar-refractivity contribution is -0.148. The fourth-order valence-electron chi connectivity index (χ4n) is 5.72. The lowest BCUT2D eigenvalue weighted by atomic mass is 9.49. The van der Waals surface area contributed by atoms with E-state index in [9.17, 15) is 4.79 Å². The van der Waals surface area contributed by atoms with E-state index in [0.29, 0.717) is 5.91 Å². The van der Waals surface area contributed by atoms with Crippen LogP contribution < -0.4 is 10.6 Å². The summed E-state index contributed by atoms with van der Waals surface area (Å²) in [6.07, 6.45) is 8.82. The minimum atomic E-state index is 0.000411. The summed E-state index contributed by atoms with van der Waals surface area (Å²) in [5.41, 5.74) is 0.0146. The lowest BCUT2D eigenvalue weighted by Crippen LogP contribution is -2.58. The molecular weight excluding hydrogens is 236 g/mol. The number of rotatable bonds is 2. The zero-order valence-corrected chi connectivity index (χ0v) is 12.0. The maximum absolute atomic E-state index is 12.9. The van der Waals surface area contributed by atoms with Gasteiger partial charge in [0.2, 0.25) is 5.91 Å². The van der Waals surface area contributed by atoms with Gasteiger partial charge < -0.3 is 10.6 Å². The van der Waals surface area contributed by atoms with Crippen LogP contribution in [0.4, 0.5) is 0 Å². The van der Waals surface area contributed by atoms with E-state index in [1.54, 1.807) is 0 Å². The Hall–Kier alpha value is -0.570. The molecule has 3 heteroatoms. The maximum atomic E-state index is 12.9. The predicted molar refractivity (Wildman–Crippen MR) is 74.6 cm³/mol. The molecule has 2 N–H and O–H groups in total. The van der Waals surface area contributed by atoms with E-state index in [1.807, 2.05) is 0 Å². The summed E-state index contributed by atoms with van der Waals surface area (Å²) in [5.74, 6) is 2.95. The van der Waals surface area contributed by atoms with Crippen LogP contribution in [0, 0.1) is 23.2 Å². The van der Waals surface area contributed by atoms with E-state index >= 15 is 0 Å². The normalized spacial score (nSPS) is 51.5. The Morgan fingerprint density at radius 3 is 2.16 bits per heavy atom. The van der Waals surface area contributed by atoms with Crippen molar-refractivity contribution >= 4 is 5.91 Å². The Bertz CT molecular complexity index is 362. The minimum absolute atomic E-state index is 0.000411. The third-order valence-corrected chi connectivity index (χ3v) is 6.30. The number of carbonyl (C=O) groups is 1. The van der Waals surface area contributed by atoms with Gasteiger partial charge in [-0.05, 0) is 76.2 Å². The van der Waals surface area contributed by atoms with Crippen molar-refractivity contribution in [3.05, 3.63) is 0 Å². The molecule has 1 saturated heterocycles. The Kier molecular flexibility index (Phi) is 2.55. The van der Waals surface area contributed by atoms with Gasteiger partial charge in [0.25, 0.3) is 0 Å². The van der Waals surface area contributed by atoms with E-state index in [1.165, 1.54) is 38.5 Å². The molecule has 0 aromatic rings. The second-order valence-corrected chi connectivity index (χ2v) is 8.14. The van der Waals surface area contributed by atoms with Gasteiger partial charge in [-0.25, -0.2) is 0 Å². The van der Waals surface area contributed by atoms with Crippen molar-refractivity contribution in [2.75, 3.05) is 13.1 Å². The molecule has 5 rings (SSSR count). The highest BCUT2D eigenvalue weighted by Gasteiger charge is 2.55. The van der Waals surface area contributed by atoms with Crippen LogP contribution in [0.2, 0.25) is 0 Å². The van der Waals surface area contributed by atoms with Crippen LogP contribution in [-0.2, 0) is 4.79 Å². The van der Waals surface area contributed by atoms with Crippen molar-refractivity contribution in [1.29, 1.82) is 0 Å². The number of amides is 1. The summed E-state index contributed by atoms with van der Waals surface area (Å²) < 4.78 is 0. The number of nitrogens with one attached hydrogen (secondary N) is 2. The molecule has 1 amide bonds. The predicted octanol–water partition coefficient (Wildman–Crippen LogP) is 2.07. The van der Waals surface area contributed by atoms with Gasteiger partial charge >= 0.3 is 0 Å². The smallest absolute Gasteiger partial charge is 0.226 e. The molecule has 19 heavy (non-hydrogen) atoms. The zero-order chi connectivity index (χ0) is 13.1. The van der Waals surface area contributed by atoms with Crippen LogP contribution in [0.3, 0.4) is 0 Å². The standard InChI is InChI=1S/C16H26N2O/c1-15(2-3-17-10-15)18-14(19)16-7-11-4-12(8-16)6-13(5-11)9-16/h11-13,17H,2-10H2,1H3,(H,18,19). The highest BCUT2D eigenvalue weighted by molar-refractivity contribution is 5.84. The third-order valence-electron chi connectivity index (χ3n) is 6.30. The largest absolute Gasteiger partial charge is 0.349 e. The lowest BCUT2D eigenvalue weighted by Gasteiger charge is -2.56. The molecule has 0 spiro atoms. The van der Waals surface area contributed by atoms with Crippen molar-refractivity contribution in [2.45, 2.75) is 57.4 Å². The van der Waals surface area contributed by atoms with E-state index < -0.39 is 0 Å². The molecule has 106 valence electrons. The van der Waals surface area contributed by atoms with Crippen LogP contribution in [0.25, 0.3) is 0 Å². The summed E-state index contributed by atoms with van der Waals surface area (Å²) in [7, 11) is 0. The van der Waals surface area contributed by atoms with Gasteiger partial charge in [-0.1, -0.05) is 0 Å². The minimum Gasteiger partial charge on any atom is -0.349 e. The molecule has 4 aliphatic carbocycles. The molecule has 4 saturated carbocycles. The zero-order valence-electron chi connectivity index (χ0n) is 12.0. The van der Waals surface area contributed by atoms with Crippen molar-refractivity contribution in [3.8, 4) is 0 Å². The number of carbonyl (C=O) groups excluding carboxylic acids is 1. The first-order valence-corrected chi connectivity index (χ1v) is 8.10. The average molecular weight is 262 g/mol. The number of hydrogen-bond acceptors (Lipinski definition) is 2. The van der Waals surface area contributed by atoms with Crippen molar-refractivity contribution < 1.29 is 4.79 Å². The molecule has 3 nitrogen and oxygen atoms in total. The summed E-state index contributed by atoms with van der Waals surface area (Å²) in [5, 5.41) is 6.79. The van der Waals surface area contributed by atoms with E-state index in [4.69, 9.17) is 0 Å². The molecule has 0 aromatic heterocycles. The van der Waals surface area contributed by atoms with Crippen molar-refractivity contribution in [2.24, 2.45) is 23.2 Å². The van der Waals surface area contributed by atoms with Crippen LogP contribution >= 0.6 is 0 Å². The first kappa shape index (κ1) is 12.2. The van der Waals surface area contributed by atoms with Crippen molar-refractivity contribution in [1.82, 2.24) is 10.6 Å². The molecule has 1 atom stereocenters. The summed E-state index contributed by atoms with van der Waals surface area (Å²) >= 11 is 0. The van der Waals surface area contributed by atoms with Crippen molar-refractivity contribution in [3.63, 3.8) is 0 Å². The summed E-state index contributed by atoms with van der Waals surface area (Å²) in [6.45, 7) is 4.17. The topological polar surface area (TPSA) is 41.1 Å². The maximum Gasteiger partial charge on any atom is 0.226 e. The molecular formula is C16H26N2O. The van der Waals surface area contributed by atoms with Gasteiger partial charge in [-0.15, -0.1) is 0 Å². The fourth-order valence-corrected chi connectivity index (χ4v) is 5.72. The van der Waals surface area contributed by atoms with Crippen LogP contribution in [-0.4, -0.2) is 24.5 Å². The molecule has 1 heterocycles. The highest BCUT2D eigenvalue weighted by Crippen LogP contribution is 2.60. The molecule has 0 radical (unpaired) electrons. The quantitative estimate of drug-likeness (QED) is 0.800. The van der Waals surface area contributed by atoms with Gasteiger partial charge in [0.05, 0.1) is 5.54 Å². The van der Waals surface area contributed by atoms with Gasteiger partial charge in [-0.2, -0.15) is 0 Å². The van der Waals surface area contributed by atoms with Gasteiger partial charge in [0, 0.05) is 12.0 Å². The highest BCUT2D eigenvalue weighted by atomic mass is 16.2. The fraction of sp³-hybridized carbons (Fsp3) is 0.938. The van der Waals surface area contributed by atoms with Crippen LogP contribution in [0.15, 0.2) is 0 Å². The van der Waals surface area contributed by atoms with Gasteiger partial charge in [-0.3, -0.25) is 4.79 Å². The SMILES string of the molecule is CC1(NC(=O)C23CC4CC(CC(C4)C2)C3)CCNC1. The summed E-state index contributed by atoms with van der Waals surface area (Å²) in [4.78, 5) is 12.9. The van der Waals surface area contributed by atoms with Gasteiger partial charge in [0.15, 0.2) is 0 Å². The second kappa shape index (κ2) is 3.97. The Morgan fingerprint density at radius 1 is 1.11 bits per heavy atom. The van der Waals surface area contributed by atoms with E-state index in [0.717, 1.165) is 37.3 Å². The van der Waals surface area contributed by atoms with Crippen LogP contribution in [0.5, 0.6) is 0 Å². The first-order chi connectivity index (χ1) is 9.07. The molecule has 0 aromatic carbocycles. The molecule has 4 bridgehead atoms. The molecule has 5 aliphatic rings. The Labute approximate surface area is 115 Å². The second-order valence-electron chi connectivity index (χ2n) is 8.14. The monoisotopic (exact) mass is 262 g/mol. The Balaban J connectivity index is 1.53. The first-order valence-electron chi connectivity index (χ1n) is 8.10. The summed E-state index contributed by atoms with van der Waals surface area (Å²) in [6, 6.07) is 0.